The van der Waals surface area contributed by atoms with Crippen LogP contribution in [0.5, 0.6) is 5.75 Å². The highest BCUT2D eigenvalue weighted by atomic mass is 19.4. The van der Waals surface area contributed by atoms with E-state index in [2.05, 4.69) is 4.98 Å². The minimum absolute atomic E-state index is 0.0120. The first-order valence-corrected chi connectivity index (χ1v) is 16.4. The number of alkyl halides is 3. The molecule has 252 valence electrons. The molecule has 1 heterocycles. The maximum Gasteiger partial charge on any atom is 0.410 e. The van der Waals surface area contributed by atoms with Crippen LogP contribution in [-0.2, 0) is 24.2 Å². The molecule has 0 bridgehead atoms. The molecule has 10 heteroatoms. The third kappa shape index (κ3) is 8.84. The van der Waals surface area contributed by atoms with Crippen LogP contribution in [0.4, 0.5) is 18.0 Å². The SMILES string of the molecule is CC(C)(C)OC(=O)N(CCc1ccccc1OCc1ccc([C@H]2CC[C@H](C(F)(F)F)CC2)cc1)C1CCCc2nc(C(=O)O)ccc21. The Morgan fingerprint density at radius 3 is 2.30 bits per heavy atom. The van der Waals surface area contributed by atoms with Crippen LogP contribution in [0.1, 0.15) is 110 Å². The molecule has 1 aromatic heterocycles. The smallest absolute Gasteiger partial charge is 0.410 e. The minimum Gasteiger partial charge on any atom is -0.489 e. The first-order valence-electron chi connectivity index (χ1n) is 16.4. The van der Waals surface area contributed by atoms with Gasteiger partial charge in [0.1, 0.15) is 23.7 Å². The fourth-order valence-corrected chi connectivity index (χ4v) is 6.67. The summed E-state index contributed by atoms with van der Waals surface area (Å²) in [5, 5.41) is 9.44. The summed E-state index contributed by atoms with van der Waals surface area (Å²) in [5.74, 6) is -1.44. The van der Waals surface area contributed by atoms with Crippen LogP contribution in [0.2, 0.25) is 0 Å². The number of carboxylic acid groups (broad SMARTS) is 1. The van der Waals surface area contributed by atoms with Crippen molar-refractivity contribution in [2.45, 2.75) is 102 Å². The summed E-state index contributed by atoms with van der Waals surface area (Å²) in [7, 11) is 0. The van der Waals surface area contributed by atoms with Crippen molar-refractivity contribution in [3.05, 3.63) is 94.3 Å². The zero-order valence-electron chi connectivity index (χ0n) is 27.2. The molecule has 1 amide bonds. The van der Waals surface area contributed by atoms with Crippen molar-refractivity contribution >= 4 is 12.1 Å². The van der Waals surface area contributed by atoms with E-state index in [9.17, 15) is 27.9 Å². The quantitative estimate of drug-likeness (QED) is 0.248. The molecule has 5 rings (SSSR count). The van der Waals surface area contributed by atoms with Gasteiger partial charge in [-0.1, -0.05) is 48.5 Å². The zero-order chi connectivity index (χ0) is 33.8. The van der Waals surface area contributed by atoms with Crippen LogP contribution in [-0.4, -0.2) is 45.4 Å². The fraction of sp³-hybridized carbons (Fsp3) is 0.486. The van der Waals surface area contributed by atoms with Crippen molar-refractivity contribution < 1.29 is 37.3 Å². The molecule has 3 aromatic rings. The van der Waals surface area contributed by atoms with Gasteiger partial charge in [0.05, 0.1) is 12.0 Å². The molecule has 2 aliphatic carbocycles. The number of aryl methyl sites for hydroxylation is 1. The van der Waals surface area contributed by atoms with Crippen molar-refractivity contribution in [2.24, 2.45) is 5.92 Å². The second-order valence-electron chi connectivity index (χ2n) is 13.6. The van der Waals surface area contributed by atoms with Crippen molar-refractivity contribution in [1.29, 1.82) is 0 Å². The van der Waals surface area contributed by atoms with Gasteiger partial charge in [0, 0.05) is 12.2 Å². The number of halogens is 3. The summed E-state index contributed by atoms with van der Waals surface area (Å²) in [5.41, 5.74) is 3.77. The molecule has 0 aliphatic heterocycles. The second-order valence-corrected chi connectivity index (χ2v) is 13.6. The molecular weight excluding hydrogens is 609 g/mol. The number of carboxylic acids is 1. The number of aromatic carboxylic acids is 1. The Hall–Kier alpha value is -4.08. The highest BCUT2D eigenvalue weighted by molar-refractivity contribution is 5.85. The Labute approximate surface area is 274 Å². The maximum absolute atomic E-state index is 13.6. The van der Waals surface area contributed by atoms with Gasteiger partial charge in [0.15, 0.2) is 0 Å². The van der Waals surface area contributed by atoms with E-state index in [0.29, 0.717) is 56.7 Å². The third-order valence-electron chi connectivity index (χ3n) is 9.11. The molecule has 2 aromatic carbocycles. The molecule has 0 saturated heterocycles. The average molecular weight is 653 g/mol. The van der Waals surface area contributed by atoms with Gasteiger partial charge < -0.3 is 19.5 Å². The summed E-state index contributed by atoms with van der Waals surface area (Å²) < 4.78 is 51.3. The number of hydrogen-bond donors (Lipinski definition) is 1. The summed E-state index contributed by atoms with van der Waals surface area (Å²) >= 11 is 0. The monoisotopic (exact) mass is 652 g/mol. The van der Waals surface area contributed by atoms with E-state index in [1.807, 2.05) is 69.3 Å². The second kappa shape index (κ2) is 14.4. The van der Waals surface area contributed by atoms with Crippen LogP contribution < -0.4 is 4.74 Å². The molecule has 0 spiro atoms. The standard InChI is InChI=1S/C37H43F3N2O5/c1-36(2,3)47-35(45)42(32-9-6-8-30-29(32)19-20-31(41-30)34(43)44)22-21-27-7-4-5-10-33(27)46-23-24-11-13-25(14-12-24)26-15-17-28(18-16-26)37(38,39)40/h4-5,7,10-14,19-20,26,28,32H,6,8-9,15-18,21-23H2,1-3H3,(H,43,44)/t26-,28-,32?. The number of amides is 1. The largest absolute Gasteiger partial charge is 0.489 e. The van der Waals surface area contributed by atoms with Crippen molar-refractivity contribution in [3.8, 4) is 5.75 Å². The molecule has 1 fully saturated rings. The number of pyridine rings is 1. The Bertz CT molecular complexity index is 1540. The number of carbonyl (C=O) groups is 2. The first kappa shape index (κ1) is 34.3. The number of ether oxygens (including phenoxy) is 2. The molecule has 1 N–H and O–H groups in total. The topological polar surface area (TPSA) is 89.0 Å². The molecule has 47 heavy (non-hydrogen) atoms. The number of hydrogen-bond acceptors (Lipinski definition) is 5. The van der Waals surface area contributed by atoms with Gasteiger partial charge in [-0.3, -0.25) is 0 Å². The number of nitrogens with zero attached hydrogens (tertiary/aromatic N) is 2. The van der Waals surface area contributed by atoms with Gasteiger partial charge in [-0.15, -0.1) is 0 Å². The predicted molar refractivity (Wildman–Crippen MR) is 171 cm³/mol. The predicted octanol–water partition coefficient (Wildman–Crippen LogP) is 9.05. The first-order chi connectivity index (χ1) is 22.3. The molecule has 2 aliphatic rings. The molecule has 1 unspecified atom stereocenters. The number of rotatable bonds is 9. The number of aromatic nitrogens is 1. The maximum atomic E-state index is 13.6. The van der Waals surface area contributed by atoms with Crippen molar-refractivity contribution in [1.82, 2.24) is 9.88 Å². The Balaban J connectivity index is 1.26. The van der Waals surface area contributed by atoms with Crippen LogP contribution in [0.25, 0.3) is 0 Å². The lowest BCUT2D eigenvalue weighted by molar-refractivity contribution is -0.182. The van der Waals surface area contributed by atoms with Crippen molar-refractivity contribution in [2.75, 3.05) is 6.54 Å². The van der Waals surface area contributed by atoms with Gasteiger partial charge in [-0.25, -0.2) is 14.6 Å². The molecule has 1 saturated carbocycles. The van der Waals surface area contributed by atoms with Crippen molar-refractivity contribution in [3.63, 3.8) is 0 Å². The summed E-state index contributed by atoms with van der Waals surface area (Å²) in [4.78, 5) is 31.2. The molecule has 1 atom stereocenters. The summed E-state index contributed by atoms with van der Waals surface area (Å²) in [6.45, 7) is 6.15. The normalized spacial score (nSPS) is 19.8. The Morgan fingerprint density at radius 1 is 0.936 bits per heavy atom. The van der Waals surface area contributed by atoms with Crippen LogP contribution in [0.3, 0.4) is 0 Å². The average Bonchev–Trinajstić information content (AvgIpc) is 3.03. The fourth-order valence-electron chi connectivity index (χ4n) is 6.67. The highest BCUT2D eigenvalue weighted by Crippen LogP contribution is 2.43. The number of fused-ring (bicyclic) bond motifs is 1. The summed E-state index contributed by atoms with van der Waals surface area (Å²) in [6, 6.07) is 18.6. The lowest BCUT2D eigenvalue weighted by Crippen LogP contribution is -2.41. The Kier molecular flexibility index (Phi) is 10.5. The lowest BCUT2D eigenvalue weighted by atomic mass is 9.78. The van der Waals surface area contributed by atoms with E-state index in [4.69, 9.17) is 9.47 Å². The molecule has 7 nitrogen and oxygen atoms in total. The molecular formula is C37H43F3N2O5. The number of carbonyl (C=O) groups excluding carboxylic acids is 1. The van der Waals surface area contributed by atoms with E-state index >= 15 is 0 Å². The lowest BCUT2D eigenvalue weighted by Gasteiger charge is -2.36. The van der Waals surface area contributed by atoms with Gasteiger partial charge in [0.25, 0.3) is 0 Å². The molecule has 0 radical (unpaired) electrons. The van der Waals surface area contributed by atoms with E-state index in [-0.39, 0.29) is 30.5 Å². The van der Waals surface area contributed by atoms with Gasteiger partial charge in [-0.05, 0) is 112 Å². The zero-order valence-corrected chi connectivity index (χ0v) is 27.2. The van der Waals surface area contributed by atoms with E-state index in [1.165, 1.54) is 6.07 Å². The van der Waals surface area contributed by atoms with Crippen LogP contribution in [0, 0.1) is 5.92 Å². The van der Waals surface area contributed by atoms with Gasteiger partial charge >= 0.3 is 18.2 Å². The van der Waals surface area contributed by atoms with E-state index in [1.54, 1.807) is 11.0 Å². The van der Waals surface area contributed by atoms with E-state index in [0.717, 1.165) is 28.7 Å². The Morgan fingerprint density at radius 2 is 1.64 bits per heavy atom. The van der Waals surface area contributed by atoms with E-state index < -0.39 is 29.8 Å². The number of benzene rings is 2. The highest BCUT2D eigenvalue weighted by Gasteiger charge is 2.41. The summed E-state index contributed by atoms with van der Waals surface area (Å²) in [6.07, 6.45) is -0.494. The van der Waals surface area contributed by atoms with Gasteiger partial charge in [-0.2, -0.15) is 13.2 Å². The minimum atomic E-state index is -4.11. The van der Waals surface area contributed by atoms with Crippen LogP contribution in [0.15, 0.2) is 60.7 Å². The third-order valence-corrected chi connectivity index (χ3v) is 9.11. The van der Waals surface area contributed by atoms with Crippen LogP contribution >= 0.6 is 0 Å². The number of para-hydroxylation sites is 1. The van der Waals surface area contributed by atoms with Gasteiger partial charge in [0.2, 0.25) is 0 Å².